The lowest BCUT2D eigenvalue weighted by Gasteiger charge is -2.08. The summed E-state index contributed by atoms with van der Waals surface area (Å²) in [5.74, 6) is -0.256. The van der Waals surface area contributed by atoms with Gasteiger partial charge in [-0.3, -0.25) is 4.68 Å². The molecule has 2 rings (SSSR count). The van der Waals surface area contributed by atoms with Gasteiger partial charge in [0, 0.05) is 23.8 Å². The second-order valence-corrected chi connectivity index (χ2v) is 5.32. The van der Waals surface area contributed by atoms with Crippen molar-refractivity contribution in [3.63, 3.8) is 0 Å². The van der Waals surface area contributed by atoms with E-state index in [4.69, 9.17) is 11.6 Å². The molecule has 0 aliphatic rings. The second kappa shape index (κ2) is 6.86. The van der Waals surface area contributed by atoms with E-state index in [1.54, 1.807) is 6.07 Å². The van der Waals surface area contributed by atoms with Crippen LogP contribution in [-0.2, 0) is 13.1 Å². The third kappa shape index (κ3) is 4.05. The summed E-state index contributed by atoms with van der Waals surface area (Å²) in [6.45, 7) is 6.34. The Morgan fingerprint density at radius 3 is 2.80 bits per heavy atom. The fourth-order valence-corrected chi connectivity index (χ4v) is 2.34. The van der Waals surface area contributed by atoms with Gasteiger partial charge in [-0.05, 0) is 56.6 Å². The lowest BCUT2D eigenvalue weighted by Crippen LogP contribution is -2.17. The van der Waals surface area contributed by atoms with Crippen molar-refractivity contribution in [1.29, 1.82) is 0 Å². The lowest BCUT2D eigenvalue weighted by molar-refractivity contribution is 0.531. The smallest absolute Gasteiger partial charge is 0.123 e. The highest BCUT2D eigenvalue weighted by Gasteiger charge is 2.03. The van der Waals surface area contributed by atoms with E-state index in [1.807, 2.05) is 11.6 Å². The number of hydrogen-bond donors (Lipinski definition) is 1. The summed E-state index contributed by atoms with van der Waals surface area (Å²) in [6, 6.07) is 6.49. The van der Waals surface area contributed by atoms with Crippen LogP contribution in [0, 0.1) is 19.7 Å². The maximum atomic E-state index is 13.1. The first kappa shape index (κ1) is 15.0. The summed E-state index contributed by atoms with van der Waals surface area (Å²) >= 11 is 6.01. The Labute approximate surface area is 123 Å². The Balaban J connectivity index is 1.74. The number of aromatic nitrogens is 2. The molecule has 1 heterocycles. The molecule has 0 fully saturated rings. The Morgan fingerprint density at radius 2 is 2.10 bits per heavy atom. The zero-order valence-corrected chi connectivity index (χ0v) is 12.5. The van der Waals surface area contributed by atoms with Gasteiger partial charge in [0.25, 0.3) is 0 Å². The van der Waals surface area contributed by atoms with Gasteiger partial charge in [-0.25, -0.2) is 4.39 Å². The predicted octanol–water partition coefficient (Wildman–Crippen LogP) is 3.47. The average Bonchev–Trinajstić information content (AvgIpc) is 2.71. The quantitative estimate of drug-likeness (QED) is 0.827. The molecule has 1 N–H and O–H groups in total. The van der Waals surface area contributed by atoms with Gasteiger partial charge in [-0.15, -0.1) is 0 Å². The number of aryl methyl sites for hydroxylation is 3. The molecule has 0 amide bonds. The van der Waals surface area contributed by atoms with Gasteiger partial charge in [-0.1, -0.05) is 11.6 Å². The van der Waals surface area contributed by atoms with E-state index in [9.17, 15) is 4.39 Å². The maximum Gasteiger partial charge on any atom is 0.123 e. The number of hydrogen-bond acceptors (Lipinski definition) is 2. The standard InChI is InChI=1S/C15H19ClFN3/c1-11-8-12(2)20(19-11)7-3-6-18-10-13-9-14(17)4-5-15(13)16/h4-5,8-9,18H,3,6-7,10H2,1-2H3. The van der Waals surface area contributed by atoms with Crippen LogP contribution in [0.25, 0.3) is 0 Å². The second-order valence-electron chi connectivity index (χ2n) is 4.92. The fourth-order valence-electron chi connectivity index (χ4n) is 2.16. The summed E-state index contributed by atoms with van der Waals surface area (Å²) in [5, 5.41) is 8.28. The van der Waals surface area contributed by atoms with E-state index in [1.165, 1.54) is 17.8 Å². The van der Waals surface area contributed by atoms with Crippen molar-refractivity contribution >= 4 is 11.6 Å². The largest absolute Gasteiger partial charge is 0.313 e. The first-order valence-electron chi connectivity index (χ1n) is 6.72. The summed E-state index contributed by atoms with van der Waals surface area (Å²) < 4.78 is 15.1. The van der Waals surface area contributed by atoms with Crippen molar-refractivity contribution in [1.82, 2.24) is 15.1 Å². The zero-order valence-electron chi connectivity index (χ0n) is 11.8. The Morgan fingerprint density at radius 1 is 1.30 bits per heavy atom. The van der Waals surface area contributed by atoms with Crippen LogP contribution in [-0.4, -0.2) is 16.3 Å². The molecule has 0 unspecified atom stereocenters. The molecule has 1 aromatic heterocycles. The Bertz CT molecular complexity index is 580. The van der Waals surface area contributed by atoms with Crippen LogP contribution in [0.3, 0.4) is 0 Å². The van der Waals surface area contributed by atoms with Crippen molar-refractivity contribution in [3.8, 4) is 0 Å². The molecule has 0 spiro atoms. The van der Waals surface area contributed by atoms with E-state index >= 15 is 0 Å². The highest BCUT2D eigenvalue weighted by molar-refractivity contribution is 6.31. The van der Waals surface area contributed by atoms with Crippen LogP contribution in [0.5, 0.6) is 0 Å². The average molecular weight is 296 g/mol. The van der Waals surface area contributed by atoms with Crippen molar-refractivity contribution in [2.45, 2.75) is 33.4 Å². The molecule has 20 heavy (non-hydrogen) atoms. The van der Waals surface area contributed by atoms with Crippen molar-refractivity contribution in [2.75, 3.05) is 6.54 Å². The van der Waals surface area contributed by atoms with Crippen molar-refractivity contribution in [3.05, 3.63) is 52.1 Å². The molecule has 0 radical (unpaired) electrons. The lowest BCUT2D eigenvalue weighted by atomic mass is 10.2. The number of rotatable bonds is 6. The molecular weight excluding hydrogens is 277 g/mol. The summed E-state index contributed by atoms with van der Waals surface area (Å²) in [4.78, 5) is 0. The van der Waals surface area contributed by atoms with Gasteiger partial charge in [0.2, 0.25) is 0 Å². The van der Waals surface area contributed by atoms with Crippen LogP contribution in [0.15, 0.2) is 24.3 Å². The minimum absolute atomic E-state index is 0.256. The van der Waals surface area contributed by atoms with Crippen LogP contribution >= 0.6 is 11.6 Å². The molecule has 0 aliphatic heterocycles. The molecule has 0 aliphatic carbocycles. The van der Waals surface area contributed by atoms with Gasteiger partial charge >= 0.3 is 0 Å². The van der Waals surface area contributed by atoms with E-state index in [0.29, 0.717) is 11.6 Å². The van der Waals surface area contributed by atoms with E-state index in [-0.39, 0.29) is 5.82 Å². The monoisotopic (exact) mass is 295 g/mol. The molecule has 1 aromatic carbocycles. The summed E-state index contributed by atoms with van der Waals surface area (Å²) in [6.07, 6.45) is 0.967. The van der Waals surface area contributed by atoms with Gasteiger partial charge in [0.05, 0.1) is 5.69 Å². The molecule has 0 bridgehead atoms. The molecule has 0 saturated heterocycles. The number of halogens is 2. The summed E-state index contributed by atoms with van der Waals surface area (Å²) in [5.41, 5.74) is 3.01. The molecule has 108 valence electrons. The molecule has 5 heteroatoms. The van der Waals surface area contributed by atoms with Crippen LogP contribution in [0.1, 0.15) is 23.4 Å². The predicted molar refractivity (Wildman–Crippen MR) is 79.4 cm³/mol. The van der Waals surface area contributed by atoms with Crippen LogP contribution in [0.4, 0.5) is 4.39 Å². The van der Waals surface area contributed by atoms with E-state index in [2.05, 4.69) is 23.4 Å². The third-order valence-electron chi connectivity index (χ3n) is 3.15. The number of nitrogens with zero attached hydrogens (tertiary/aromatic N) is 2. The molecule has 0 saturated carbocycles. The highest BCUT2D eigenvalue weighted by Crippen LogP contribution is 2.16. The molecule has 0 atom stereocenters. The zero-order chi connectivity index (χ0) is 14.5. The third-order valence-corrected chi connectivity index (χ3v) is 3.52. The highest BCUT2D eigenvalue weighted by atomic mass is 35.5. The van der Waals surface area contributed by atoms with Crippen LogP contribution in [0.2, 0.25) is 5.02 Å². The fraction of sp³-hybridized carbons (Fsp3) is 0.400. The SMILES string of the molecule is Cc1cc(C)n(CCCNCc2cc(F)ccc2Cl)n1. The van der Waals surface area contributed by atoms with Gasteiger partial charge in [0.15, 0.2) is 0 Å². The van der Waals surface area contributed by atoms with Gasteiger partial charge < -0.3 is 5.32 Å². The topological polar surface area (TPSA) is 29.9 Å². The molecule has 3 nitrogen and oxygen atoms in total. The van der Waals surface area contributed by atoms with Crippen molar-refractivity contribution < 1.29 is 4.39 Å². The normalized spacial score (nSPS) is 11.0. The minimum Gasteiger partial charge on any atom is -0.313 e. The molecule has 2 aromatic rings. The molecular formula is C15H19ClFN3. The number of nitrogens with one attached hydrogen (secondary N) is 1. The van der Waals surface area contributed by atoms with Gasteiger partial charge in [0.1, 0.15) is 5.82 Å². The Hall–Kier alpha value is -1.39. The van der Waals surface area contributed by atoms with Gasteiger partial charge in [-0.2, -0.15) is 5.10 Å². The first-order chi connectivity index (χ1) is 9.56. The number of benzene rings is 1. The van der Waals surface area contributed by atoms with E-state index in [0.717, 1.165) is 30.8 Å². The van der Waals surface area contributed by atoms with Crippen molar-refractivity contribution in [2.24, 2.45) is 0 Å². The minimum atomic E-state index is -0.256. The van der Waals surface area contributed by atoms with E-state index < -0.39 is 0 Å². The summed E-state index contributed by atoms with van der Waals surface area (Å²) in [7, 11) is 0. The maximum absolute atomic E-state index is 13.1. The van der Waals surface area contributed by atoms with Crippen LogP contribution < -0.4 is 5.32 Å². The first-order valence-corrected chi connectivity index (χ1v) is 7.10. The Kier molecular flexibility index (Phi) is 5.15.